The van der Waals surface area contributed by atoms with Crippen LogP contribution in [-0.4, -0.2) is 39.6 Å². The fourth-order valence-corrected chi connectivity index (χ4v) is 23.1. The molecule has 2 aliphatic heterocycles. The van der Waals surface area contributed by atoms with Gasteiger partial charge in [0, 0.05) is 67.3 Å². The molecule has 5 aliphatic carbocycles. The van der Waals surface area contributed by atoms with E-state index in [-0.39, 0.29) is 59.4 Å². The Bertz CT molecular complexity index is 3950. The summed E-state index contributed by atoms with van der Waals surface area (Å²) in [6.07, 6.45) is 33.8. The van der Waals surface area contributed by atoms with E-state index in [1.54, 1.807) is 0 Å². The monoisotopic (exact) mass is 1400 g/mol. The van der Waals surface area contributed by atoms with E-state index in [1.165, 1.54) is 117 Å². The molecule has 2 aromatic carbocycles. The van der Waals surface area contributed by atoms with E-state index in [0.717, 1.165) is 142 Å². The highest BCUT2D eigenvalue weighted by Crippen LogP contribution is 2.55. The van der Waals surface area contributed by atoms with Gasteiger partial charge < -0.3 is 0 Å². The standard InChI is InChI=1S/C84H116F3N9S3/c1-13-81(9,66-44-45-69(99-66)84(12,16-4)60-51-63(87)70(78-75(60)90-96-93-78)52-34-28-22-19-17-18-20-23-29-35-52)57-47-55(79(5,6)64-40-42-67(97-64)82(10,14-2)58-49-61(85)71(76-73(58)88-94-91-76)53-36-30-24-21-25-31-37-53)46-56(48-57)80(7,8)65-41-43-68(98-65)83(11,15-3)59-50-62(86)72(77-74(59)89-95-92-77)54-38-32-26-27-33-39-54/h40-54,74-75,77-78,89-90,92-93,95-96H,13-39H2,1-12H3,(H,88,91,94). The largest absolute Gasteiger partial charge is 0.235 e. The smallest absolute Gasteiger partial charge is 0.129 e. The molecule has 536 valence electrons. The summed E-state index contributed by atoms with van der Waals surface area (Å²) in [5.41, 5.74) is 29.1. The number of thiophene rings is 3. The van der Waals surface area contributed by atoms with Crippen molar-refractivity contribution >= 4 is 45.0 Å². The Morgan fingerprint density at radius 3 is 1.13 bits per heavy atom. The zero-order chi connectivity index (χ0) is 69.7. The average molecular weight is 1410 g/mol. The van der Waals surface area contributed by atoms with E-state index >= 15 is 13.2 Å². The molecular weight excluding hydrogens is 1290 g/mol. The first kappa shape index (κ1) is 72.8. The molecular formula is C84H116F3N9S3. The van der Waals surface area contributed by atoms with Crippen LogP contribution >= 0.6 is 34.0 Å². The highest BCUT2D eigenvalue weighted by atomic mass is 32.1. The molecule has 7 N–H and O–H groups in total. The molecule has 99 heavy (non-hydrogen) atoms. The van der Waals surface area contributed by atoms with Crippen LogP contribution in [0.5, 0.6) is 0 Å². The molecule has 13 rings (SSSR count). The van der Waals surface area contributed by atoms with Gasteiger partial charge in [0.15, 0.2) is 0 Å². The summed E-state index contributed by atoms with van der Waals surface area (Å²) in [5.74, 6) is 0.360. The van der Waals surface area contributed by atoms with Crippen LogP contribution < -0.4 is 32.8 Å². The van der Waals surface area contributed by atoms with Gasteiger partial charge >= 0.3 is 0 Å². The van der Waals surface area contributed by atoms with Crippen LogP contribution in [0.1, 0.15) is 319 Å². The highest BCUT2D eigenvalue weighted by molar-refractivity contribution is 7.13. The summed E-state index contributed by atoms with van der Waals surface area (Å²) in [6, 6.07) is 22.9. The van der Waals surface area contributed by atoms with E-state index in [4.69, 9.17) is 10.2 Å². The minimum absolute atomic E-state index is 0.0388. The molecule has 8 unspecified atom stereocenters. The van der Waals surface area contributed by atoms with Crippen molar-refractivity contribution in [2.24, 2.45) is 11.8 Å². The van der Waals surface area contributed by atoms with Crippen molar-refractivity contribution in [1.29, 1.82) is 0 Å². The van der Waals surface area contributed by atoms with Gasteiger partial charge in [0.1, 0.15) is 28.5 Å². The number of fused-ring (bicyclic) bond motifs is 3. The van der Waals surface area contributed by atoms with Crippen LogP contribution in [0.2, 0.25) is 0 Å². The zero-order valence-corrected chi connectivity index (χ0v) is 64.3. The zero-order valence-electron chi connectivity index (χ0n) is 61.8. The lowest BCUT2D eigenvalue weighted by Crippen LogP contribution is -2.46. The minimum atomic E-state index is -0.543. The summed E-state index contributed by atoms with van der Waals surface area (Å²) < 4.78 is 51.7. The Labute approximate surface area is 603 Å². The van der Waals surface area contributed by atoms with Crippen molar-refractivity contribution < 1.29 is 13.2 Å². The Morgan fingerprint density at radius 1 is 0.384 bits per heavy atom. The minimum Gasteiger partial charge on any atom is -0.235 e. The van der Waals surface area contributed by atoms with Gasteiger partial charge in [-0.1, -0.05) is 210 Å². The molecule has 4 aromatic heterocycles. The molecule has 8 atom stereocenters. The lowest BCUT2D eigenvalue weighted by atomic mass is 9.68. The molecule has 6 aromatic rings. The third-order valence-electron chi connectivity index (χ3n) is 26.7. The fraction of sp³-hybridized carbons (Fsp3) is 0.619. The molecule has 15 heteroatoms. The number of nitrogens with one attached hydrogen (secondary N) is 7. The van der Waals surface area contributed by atoms with Gasteiger partial charge in [0.25, 0.3) is 0 Å². The number of H-pyrrole nitrogens is 1. The van der Waals surface area contributed by atoms with Crippen LogP contribution in [0, 0.1) is 17.7 Å². The van der Waals surface area contributed by atoms with Crippen LogP contribution in [0.4, 0.5) is 13.2 Å². The predicted octanol–water partition coefficient (Wildman–Crippen LogP) is 22.1. The number of halogens is 3. The quantitative estimate of drug-likeness (QED) is 0.0402. The van der Waals surface area contributed by atoms with Crippen molar-refractivity contribution in [2.45, 2.75) is 319 Å². The second-order valence-corrected chi connectivity index (χ2v) is 36.3. The first-order valence-electron chi connectivity index (χ1n) is 38.9. The van der Waals surface area contributed by atoms with Crippen molar-refractivity contribution in [3.8, 4) is 0 Å². The number of hydrazine groups is 4. The average Bonchev–Trinajstić information content (AvgIpc) is 1.70. The molecule has 3 saturated carbocycles. The van der Waals surface area contributed by atoms with Crippen molar-refractivity contribution in [3.05, 3.63) is 170 Å². The number of hydrogen-bond donors (Lipinski definition) is 7. The summed E-state index contributed by atoms with van der Waals surface area (Å²) >= 11 is 5.63. The SMILES string of the molecule is CCC(C)(C1=CC(F)=C(C2CCCCCC2)C2NNNC12)c1ccc(C(C)(C)c2cc(C(C)(C)c3ccc(C(C)(CC)c4cc(F)c(C5CCCCCCC5)c5n[nH]nc45)s3)cc(C(C)(CC)c3ccc(C(C)(CC)C4=CC(F)=C(C5CCCCCCCCCC5)C5NNNC45)s3)c2)s1. The summed E-state index contributed by atoms with van der Waals surface area (Å²) in [4.78, 5) is 7.48. The predicted molar refractivity (Wildman–Crippen MR) is 409 cm³/mol. The molecule has 9 nitrogen and oxygen atoms in total. The van der Waals surface area contributed by atoms with Gasteiger partial charge in [0.05, 0.1) is 24.2 Å². The third kappa shape index (κ3) is 13.5. The van der Waals surface area contributed by atoms with Gasteiger partial charge in [-0.15, -0.1) is 34.0 Å². The van der Waals surface area contributed by atoms with E-state index in [0.29, 0.717) is 5.52 Å². The second-order valence-electron chi connectivity index (χ2n) is 33.0. The summed E-state index contributed by atoms with van der Waals surface area (Å²) in [7, 11) is 0. The maximum absolute atomic E-state index is 17.5. The number of hydrogen-bond acceptors (Lipinski definition) is 11. The first-order chi connectivity index (χ1) is 47.6. The second kappa shape index (κ2) is 29.9. The van der Waals surface area contributed by atoms with Crippen molar-refractivity contribution in [2.75, 3.05) is 0 Å². The van der Waals surface area contributed by atoms with Crippen LogP contribution in [0.15, 0.2) is 107 Å². The normalized spacial score (nSPS) is 25.2. The van der Waals surface area contributed by atoms with E-state index in [1.807, 2.05) is 52.2 Å². The Morgan fingerprint density at radius 2 is 0.717 bits per heavy atom. The van der Waals surface area contributed by atoms with Crippen molar-refractivity contribution in [3.63, 3.8) is 0 Å². The number of allylic oxidation sites excluding steroid dienone is 4. The van der Waals surface area contributed by atoms with Gasteiger partial charge in [-0.05, 0) is 181 Å². The van der Waals surface area contributed by atoms with E-state index in [9.17, 15) is 0 Å². The highest BCUT2D eigenvalue weighted by Gasteiger charge is 2.50. The van der Waals surface area contributed by atoms with Gasteiger partial charge in [0.2, 0.25) is 0 Å². The van der Waals surface area contributed by atoms with Crippen LogP contribution in [0.3, 0.4) is 0 Å². The maximum atomic E-state index is 17.5. The molecule has 0 radical (unpaired) electrons. The lowest BCUT2D eigenvalue weighted by Gasteiger charge is -2.40. The molecule has 5 fully saturated rings. The molecule has 6 heterocycles. The summed E-state index contributed by atoms with van der Waals surface area (Å²) in [5, 5.41) is 12.5. The maximum Gasteiger partial charge on any atom is 0.129 e. The number of rotatable bonds is 19. The van der Waals surface area contributed by atoms with E-state index in [2.05, 4.69) is 176 Å². The van der Waals surface area contributed by atoms with Crippen LogP contribution in [0.25, 0.3) is 11.0 Å². The number of aromatic nitrogens is 3. The lowest BCUT2D eigenvalue weighted by molar-refractivity contribution is 0.388. The number of nitrogens with zero attached hydrogens (tertiary/aromatic N) is 2. The molecule has 0 spiro atoms. The Hall–Kier alpha value is -4.55. The number of aromatic amines is 1. The van der Waals surface area contributed by atoms with Crippen molar-refractivity contribution in [1.82, 2.24) is 48.2 Å². The molecule has 7 aliphatic rings. The summed E-state index contributed by atoms with van der Waals surface area (Å²) in [6.45, 7) is 28.1. The third-order valence-corrected chi connectivity index (χ3v) is 31.6. The Balaban J connectivity index is 0.890. The molecule has 0 amide bonds. The molecule has 0 bridgehead atoms. The van der Waals surface area contributed by atoms with Gasteiger partial charge in [-0.3, -0.25) is 0 Å². The fourth-order valence-electron chi connectivity index (χ4n) is 18.9. The Kier molecular flexibility index (Phi) is 22.0. The van der Waals surface area contributed by atoms with Gasteiger partial charge in [-0.25, -0.2) is 34.9 Å². The molecule has 2 saturated heterocycles. The topological polar surface area (TPSA) is 114 Å². The number of benzene rings is 2. The van der Waals surface area contributed by atoms with Gasteiger partial charge in [-0.2, -0.15) is 26.5 Å². The first-order valence-corrected chi connectivity index (χ1v) is 41.4. The van der Waals surface area contributed by atoms with Crippen LogP contribution in [-0.2, 0) is 32.5 Å². The van der Waals surface area contributed by atoms with E-state index < -0.39 is 32.5 Å².